The zero-order chi connectivity index (χ0) is 13.2. The highest BCUT2D eigenvalue weighted by Crippen LogP contribution is 2.17. The molecule has 0 saturated carbocycles. The zero-order valence-electron chi connectivity index (χ0n) is 11.1. The van der Waals surface area contributed by atoms with Crippen LogP contribution in [0.5, 0.6) is 0 Å². The van der Waals surface area contributed by atoms with E-state index in [1.165, 1.54) is 5.56 Å². The van der Waals surface area contributed by atoms with Crippen LogP contribution in [0.3, 0.4) is 0 Å². The molecule has 0 aliphatic rings. The maximum absolute atomic E-state index is 13.4. The molecule has 2 aromatic heterocycles. The van der Waals surface area contributed by atoms with Gasteiger partial charge in [0.05, 0.1) is 0 Å². The van der Waals surface area contributed by atoms with Crippen LogP contribution in [-0.2, 0) is 6.42 Å². The third-order valence-electron chi connectivity index (χ3n) is 2.93. The van der Waals surface area contributed by atoms with Gasteiger partial charge >= 0.3 is 0 Å². The number of halogens is 1. The molecule has 2 aromatic rings. The minimum Gasteiger partial charge on any atom is -0.346 e. The fourth-order valence-electron chi connectivity index (χ4n) is 2.00. The van der Waals surface area contributed by atoms with Gasteiger partial charge in [-0.2, -0.15) is 0 Å². The average Bonchev–Trinajstić information content (AvgIpc) is 2.70. The van der Waals surface area contributed by atoms with Crippen molar-refractivity contribution in [3.05, 3.63) is 30.1 Å². The largest absolute Gasteiger partial charge is 0.346 e. The van der Waals surface area contributed by atoms with Crippen molar-refractivity contribution in [2.45, 2.75) is 38.9 Å². The molecular formula is C14H20FN3. The van der Waals surface area contributed by atoms with Gasteiger partial charge in [0, 0.05) is 30.4 Å². The van der Waals surface area contributed by atoms with Crippen LogP contribution < -0.4 is 5.32 Å². The first kappa shape index (κ1) is 13.0. The van der Waals surface area contributed by atoms with Gasteiger partial charge in [-0.3, -0.25) is 0 Å². The Morgan fingerprint density at radius 2 is 2.28 bits per heavy atom. The average molecular weight is 249 g/mol. The van der Waals surface area contributed by atoms with Crippen molar-refractivity contribution in [2.24, 2.45) is 0 Å². The molecule has 0 saturated heterocycles. The monoisotopic (exact) mass is 249 g/mol. The number of hydrogen-bond donors (Lipinski definition) is 2. The lowest BCUT2D eigenvalue weighted by molar-refractivity contribution is 0.204. The number of hydrogen-bond acceptors (Lipinski definition) is 2. The predicted molar refractivity (Wildman–Crippen MR) is 72.4 cm³/mol. The Labute approximate surface area is 107 Å². The summed E-state index contributed by atoms with van der Waals surface area (Å²) >= 11 is 0. The molecular weight excluding hydrogens is 229 g/mol. The van der Waals surface area contributed by atoms with Crippen LogP contribution in [-0.4, -0.2) is 28.2 Å². The summed E-state index contributed by atoms with van der Waals surface area (Å²) < 4.78 is 13.4. The van der Waals surface area contributed by atoms with E-state index in [0.717, 1.165) is 17.5 Å². The molecule has 0 fully saturated rings. The predicted octanol–water partition coefficient (Wildman–Crippen LogP) is 2.83. The number of aromatic amines is 1. The number of aromatic nitrogens is 2. The molecule has 18 heavy (non-hydrogen) atoms. The quantitative estimate of drug-likeness (QED) is 0.855. The fraction of sp³-hybridized carbons (Fsp3) is 0.500. The van der Waals surface area contributed by atoms with Crippen LogP contribution >= 0.6 is 0 Å². The molecule has 1 unspecified atom stereocenters. The number of H-pyrrole nitrogens is 1. The Kier molecular flexibility index (Phi) is 3.66. The second-order valence-electron chi connectivity index (χ2n) is 5.42. The maximum Gasteiger partial charge on any atom is 0.137 e. The van der Waals surface area contributed by atoms with Crippen LogP contribution in [0.25, 0.3) is 11.0 Å². The smallest absolute Gasteiger partial charge is 0.137 e. The van der Waals surface area contributed by atoms with E-state index in [1.807, 2.05) is 12.3 Å². The highest BCUT2D eigenvalue weighted by Gasteiger charge is 2.17. The minimum absolute atomic E-state index is 0.235. The first-order valence-electron chi connectivity index (χ1n) is 6.29. The number of rotatable bonds is 5. The van der Waals surface area contributed by atoms with Crippen molar-refractivity contribution < 1.29 is 4.39 Å². The first-order chi connectivity index (χ1) is 8.46. The van der Waals surface area contributed by atoms with Gasteiger partial charge in [0.1, 0.15) is 11.3 Å². The van der Waals surface area contributed by atoms with E-state index < -0.39 is 5.67 Å². The standard InChI is InChI=1S/C14H20FN3/c1-10(18-9-14(2,3)15)7-11-8-17-13-12(11)5-4-6-16-13/h4-6,8,10,18H,7,9H2,1-3H3,(H,16,17). The van der Waals surface area contributed by atoms with Gasteiger partial charge in [0.15, 0.2) is 0 Å². The number of nitrogens with zero attached hydrogens (tertiary/aromatic N) is 1. The Morgan fingerprint density at radius 1 is 1.50 bits per heavy atom. The summed E-state index contributed by atoms with van der Waals surface area (Å²) in [4.78, 5) is 7.41. The van der Waals surface area contributed by atoms with Crippen LogP contribution in [0.2, 0.25) is 0 Å². The third kappa shape index (κ3) is 3.29. The van der Waals surface area contributed by atoms with Crippen molar-refractivity contribution in [1.29, 1.82) is 0 Å². The molecule has 2 rings (SSSR count). The molecule has 0 aliphatic heterocycles. The molecule has 0 aliphatic carbocycles. The highest BCUT2D eigenvalue weighted by atomic mass is 19.1. The van der Waals surface area contributed by atoms with Crippen molar-refractivity contribution in [3.63, 3.8) is 0 Å². The van der Waals surface area contributed by atoms with Crippen LogP contribution in [0.4, 0.5) is 4.39 Å². The SMILES string of the molecule is CC(Cc1c[nH]c2ncccc12)NCC(C)(C)F. The van der Waals surface area contributed by atoms with Gasteiger partial charge in [0.2, 0.25) is 0 Å². The van der Waals surface area contributed by atoms with E-state index in [2.05, 4.69) is 28.3 Å². The number of pyridine rings is 1. The molecule has 4 heteroatoms. The topological polar surface area (TPSA) is 40.7 Å². The van der Waals surface area contributed by atoms with Gasteiger partial charge in [-0.1, -0.05) is 0 Å². The number of alkyl halides is 1. The second kappa shape index (κ2) is 5.06. The normalized spacial score (nSPS) is 14.0. The van der Waals surface area contributed by atoms with E-state index in [0.29, 0.717) is 6.54 Å². The molecule has 2 N–H and O–H groups in total. The Bertz CT molecular complexity index is 513. The van der Waals surface area contributed by atoms with Crippen LogP contribution in [0.15, 0.2) is 24.5 Å². The van der Waals surface area contributed by atoms with Crippen molar-refractivity contribution in [3.8, 4) is 0 Å². The summed E-state index contributed by atoms with van der Waals surface area (Å²) in [5.41, 5.74) is 0.955. The van der Waals surface area contributed by atoms with Crippen LogP contribution in [0, 0.1) is 0 Å². The summed E-state index contributed by atoms with van der Waals surface area (Å²) in [5.74, 6) is 0. The fourth-order valence-corrected chi connectivity index (χ4v) is 2.00. The summed E-state index contributed by atoms with van der Waals surface area (Å²) in [6.45, 7) is 5.61. The molecule has 0 amide bonds. The Balaban J connectivity index is 2.01. The first-order valence-corrected chi connectivity index (χ1v) is 6.29. The lowest BCUT2D eigenvalue weighted by atomic mass is 10.1. The summed E-state index contributed by atoms with van der Waals surface area (Å²) in [6, 6.07) is 4.22. The summed E-state index contributed by atoms with van der Waals surface area (Å²) in [6.07, 6.45) is 4.62. The number of fused-ring (bicyclic) bond motifs is 1. The van der Waals surface area contributed by atoms with Crippen molar-refractivity contribution >= 4 is 11.0 Å². The van der Waals surface area contributed by atoms with Gasteiger partial charge in [-0.05, 0) is 44.9 Å². The second-order valence-corrected chi connectivity index (χ2v) is 5.42. The van der Waals surface area contributed by atoms with E-state index in [-0.39, 0.29) is 6.04 Å². The molecule has 1 atom stereocenters. The van der Waals surface area contributed by atoms with Crippen molar-refractivity contribution in [1.82, 2.24) is 15.3 Å². The highest BCUT2D eigenvalue weighted by molar-refractivity contribution is 5.79. The zero-order valence-corrected chi connectivity index (χ0v) is 11.1. The molecule has 98 valence electrons. The Hall–Kier alpha value is -1.42. The van der Waals surface area contributed by atoms with E-state index >= 15 is 0 Å². The Morgan fingerprint density at radius 3 is 3.00 bits per heavy atom. The van der Waals surface area contributed by atoms with Crippen molar-refractivity contribution in [2.75, 3.05) is 6.54 Å². The van der Waals surface area contributed by atoms with E-state index in [1.54, 1.807) is 20.0 Å². The molecule has 0 bridgehead atoms. The molecule has 3 nitrogen and oxygen atoms in total. The van der Waals surface area contributed by atoms with Gasteiger partial charge in [-0.15, -0.1) is 0 Å². The van der Waals surface area contributed by atoms with Gasteiger partial charge < -0.3 is 10.3 Å². The van der Waals surface area contributed by atoms with Gasteiger partial charge in [-0.25, -0.2) is 9.37 Å². The van der Waals surface area contributed by atoms with Crippen LogP contribution in [0.1, 0.15) is 26.3 Å². The molecule has 0 spiro atoms. The summed E-state index contributed by atoms with van der Waals surface area (Å²) in [7, 11) is 0. The molecule has 0 radical (unpaired) electrons. The maximum atomic E-state index is 13.4. The van der Waals surface area contributed by atoms with Gasteiger partial charge in [0.25, 0.3) is 0 Å². The van der Waals surface area contributed by atoms with E-state index in [4.69, 9.17) is 0 Å². The van der Waals surface area contributed by atoms with E-state index in [9.17, 15) is 4.39 Å². The lowest BCUT2D eigenvalue weighted by Gasteiger charge is -2.19. The molecule has 2 heterocycles. The molecule has 0 aromatic carbocycles. The minimum atomic E-state index is -1.17. The summed E-state index contributed by atoms with van der Waals surface area (Å²) in [5, 5.41) is 4.36. The third-order valence-corrected chi connectivity index (χ3v) is 2.93. The lowest BCUT2D eigenvalue weighted by Crippen LogP contribution is -2.37. The number of nitrogens with one attached hydrogen (secondary N) is 2.